The van der Waals surface area contributed by atoms with E-state index < -0.39 is 14.9 Å². The molecule has 2 aromatic rings. The van der Waals surface area contributed by atoms with Gasteiger partial charge in [0.1, 0.15) is 5.75 Å². The van der Waals surface area contributed by atoms with Crippen LogP contribution in [0, 0.1) is 23.0 Å². The Balaban J connectivity index is 1.91. The summed E-state index contributed by atoms with van der Waals surface area (Å²) in [5.41, 5.74) is 1.06. The van der Waals surface area contributed by atoms with Crippen LogP contribution in [0.5, 0.6) is 5.75 Å². The largest absolute Gasteiger partial charge is 0.497 e. The third kappa shape index (κ3) is 3.86. The van der Waals surface area contributed by atoms with Crippen LogP contribution in [0.4, 0.5) is 5.69 Å². The van der Waals surface area contributed by atoms with E-state index in [0.717, 1.165) is 24.5 Å². The van der Waals surface area contributed by atoms with Crippen molar-refractivity contribution in [3.63, 3.8) is 0 Å². The van der Waals surface area contributed by atoms with Gasteiger partial charge in [-0.15, -0.1) is 0 Å². The molecule has 1 N–H and O–H groups in total. The maximum absolute atomic E-state index is 12.8. The highest BCUT2D eigenvalue weighted by Crippen LogP contribution is 2.42. The zero-order chi connectivity index (χ0) is 18.9. The number of rotatable bonds is 7. The number of nitrogens with one attached hydrogen (secondary N) is 1. The van der Waals surface area contributed by atoms with Crippen LogP contribution >= 0.6 is 0 Å². The normalized spacial score (nSPS) is 15.5. The summed E-state index contributed by atoms with van der Waals surface area (Å²) < 4.78 is 33.5. The van der Waals surface area contributed by atoms with E-state index in [1.807, 2.05) is 12.1 Å². The van der Waals surface area contributed by atoms with Crippen molar-refractivity contribution in [3.05, 3.63) is 63.7 Å². The van der Waals surface area contributed by atoms with E-state index in [1.165, 1.54) is 12.1 Å². The van der Waals surface area contributed by atoms with Crippen LogP contribution in [-0.2, 0) is 10.0 Å². The summed E-state index contributed by atoms with van der Waals surface area (Å²) in [5.74, 6) is 0.916. The second-order valence-corrected chi connectivity index (χ2v) is 8.13. The molecule has 1 fully saturated rings. The smallest absolute Gasteiger partial charge is 0.273 e. The van der Waals surface area contributed by atoms with Gasteiger partial charge in [0.15, 0.2) is 0 Å². The SMILES string of the molecule is COc1ccc(C(NS(=O)(=O)c2ccc(C)c([N+](=O)[O-])c2)C2CC2)cc1. The third-order valence-corrected chi connectivity index (χ3v) is 5.98. The fourth-order valence-corrected chi connectivity index (χ4v) is 4.18. The highest BCUT2D eigenvalue weighted by molar-refractivity contribution is 7.89. The topological polar surface area (TPSA) is 98.5 Å². The minimum absolute atomic E-state index is 0.103. The Morgan fingerprint density at radius 1 is 1.19 bits per heavy atom. The molecule has 1 atom stereocenters. The zero-order valence-electron chi connectivity index (χ0n) is 14.5. The van der Waals surface area contributed by atoms with E-state index in [4.69, 9.17) is 4.74 Å². The van der Waals surface area contributed by atoms with Gasteiger partial charge in [-0.1, -0.05) is 18.2 Å². The number of aryl methyl sites for hydroxylation is 1. The molecule has 138 valence electrons. The van der Waals surface area contributed by atoms with Crippen LogP contribution in [-0.4, -0.2) is 20.5 Å². The van der Waals surface area contributed by atoms with Crippen molar-refractivity contribution in [1.29, 1.82) is 0 Å². The van der Waals surface area contributed by atoms with Gasteiger partial charge in [-0.05, 0) is 49.4 Å². The number of nitro benzene ring substituents is 1. The second-order valence-electron chi connectivity index (χ2n) is 6.41. The first-order valence-electron chi connectivity index (χ1n) is 8.23. The second kappa shape index (κ2) is 7.05. The minimum Gasteiger partial charge on any atom is -0.497 e. The number of nitrogens with zero attached hydrogens (tertiary/aromatic N) is 1. The van der Waals surface area contributed by atoms with Crippen molar-refractivity contribution in [1.82, 2.24) is 4.72 Å². The maximum Gasteiger partial charge on any atom is 0.273 e. The molecule has 0 amide bonds. The molecule has 0 heterocycles. The molecule has 1 unspecified atom stereocenters. The van der Waals surface area contributed by atoms with Gasteiger partial charge in [0.25, 0.3) is 5.69 Å². The number of sulfonamides is 1. The number of hydrogen-bond acceptors (Lipinski definition) is 5. The van der Waals surface area contributed by atoms with Crippen LogP contribution in [0.1, 0.15) is 30.0 Å². The summed E-state index contributed by atoms with van der Waals surface area (Å²) in [6.45, 7) is 1.58. The predicted molar refractivity (Wildman–Crippen MR) is 96.6 cm³/mol. The highest BCUT2D eigenvalue weighted by atomic mass is 32.2. The Morgan fingerprint density at radius 2 is 1.85 bits per heavy atom. The maximum atomic E-state index is 12.8. The molecule has 0 radical (unpaired) electrons. The van der Waals surface area contributed by atoms with Gasteiger partial charge >= 0.3 is 0 Å². The van der Waals surface area contributed by atoms with Gasteiger partial charge in [-0.2, -0.15) is 0 Å². The summed E-state index contributed by atoms with van der Waals surface area (Å²) >= 11 is 0. The first kappa shape index (κ1) is 18.3. The zero-order valence-corrected chi connectivity index (χ0v) is 15.3. The summed E-state index contributed by atoms with van der Waals surface area (Å²) in [6, 6.07) is 10.8. The van der Waals surface area contributed by atoms with Crippen LogP contribution in [0.25, 0.3) is 0 Å². The number of benzene rings is 2. The summed E-state index contributed by atoms with van der Waals surface area (Å²) in [5, 5.41) is 11.1. The molecule has 1 aliphatic carbocycles. The quantitative estimate of drug-likeness (QED) is 0.590. The van der Waals surface area contributed by atoms with Crippen molar-refractivity contribution < 1.29 is 18.1 Å². The number of nitro groups is 1. The van der Waals surface area contributed by atoms with Gasteiger partial charge in [-0.25, -0.2) is 13.1 Å². The van der Waals surface area contributed by atoms with Crippen molar-refractivity contribution in [3.8, 4) is 5.75 Å². The summed E-state index contributed by atoms with van der Waals surface area (Å²) in [4.78, 5) is 10.4. The molecule has 0 spiro atoms. The Hall–Kier alpha value is -2.45. The standard InChI is InChI=1S/C18H20N2O5S/c1-12-3-10-16(11-17(12)20(21)22)26(23,24)19-18(13-4-5-13)14-6-8-15(25-2)9-7-14/h3,6-11,13,18-19H,4-5H2,1-2H3. The van der Waals surface area contributed by atoms with E-state index in [0.29, 0.717) is 11.3 Å². The molecule has 1 aliphatic rings. The van der Waals surface area contributed by atoms with Gasteiger partial charge in [-0.3, -0.25) is 10.1 Å². The molecule has 7 nitrogen and oxygen atoms in total. The molecule has 3 rings (SSSR count). The predicted octanol–water partition coefficient (Wildman–Crippen LogP) is 3.34. The third-order valence-electron chi connectivity index (χ3n) is 4.54. The molecule has 26 heavy (non-hydrogen) atoms. The Kier molecular flexibility index (Phi) is 4.97. The molecular formula is C18H20N2O5S. The average Bonchev–Trinajstić information content (AvgIpc) is 3.45. The number of methoxy groups -OCH3 is 1. The van der Waals surface area contributed by atoms with E-state index in [2.05, 4.69) is 4.72 Å². The molecule has 0 aromatic heterocycles. The molecule has 0 aliphatic heterocycles. The lowest BCUT2D eigenvalue weighted by molar-refractivity contribution is -0.385. The molecule has 1 saturated carbocycles. The highest BCUT2D eigenvalue weighted by Gasteiger charge is 2.35. The van der Waals surface area contributed by atoms with Crippen molar-refractivity contribution in [2.75, 3.05) is 7.11 Å². The van der Waals surface area contributed by atoms with Crippen molar-refractivity contribution >= 4 is 15.7 Å². The van der Waals surface area contributed by atoms with Crippen LogP contribution in [0.15, 0.2) is 47.4 Å². The van der Waals surface area contributed by atoms with Crippen molar-refractivity contribution in [2.24, 2.45) is 5.92 Å². The van der Waals surface area contributed by atoms with E-state index in [-0.39, 0.29) is 22.5 Å². The molecule has 0 bridgehead atoms. The fraction of sp³-hybridized carbons (Fsp3) is 0.333. The van der Waals surface area contributed by atoms with Crippen LogP contribution in [0.2, 0.25) is 0 Å². The molecule has 2 aromatic carbocycles. The number of hydrogen-bond donors (Lipinski definition) is 1. The first-order valence-corrected chi connectivity index (χ1v) is 9.71. The molecule has 8 heteroatoms. The van der Waals surface area contributed by atoms with Crippen LogP contribution < -0.4 is 9.46 Å². The first-order chi connectivity index (χ1) is 12.3. The Labute approximate surface area is 152 Å². The fourth-order valence-electron chi connectivity index (χ4n) is 2.87. The lowest BCUT2D eigenvalue weighted by Crippen LogP contribution is -2.30. The monoisotopic (exact) mass is 376 g/mol. The van der Waals surface area contributed by atoms with Gasteiger partial charge in [0.05, 0.1) is 16.9 Å². The summed E-state index contributed by atoms with van der Waals surface area (Å²) in [6.07, 6.45) is 1.88. The van der Waals surface area contributed by atoms with E-state index in [1.54, 1.807) is 26.2 Å². The van der Waals surface area contributed by atoms with Gasteiger partial charge in [0.2, 0.25) is 10.0 Å². The lowest BCUT2D eigenvalue weighted by Gasteiger charge is -2.19. The summed E-state index contributed by atoms with van der Waals surface area (Å²) in [7, 11) is -2.32. The lowest BCUT2D eigenvalue weighted by atomic mass is 10.0. The van der Waals surface area contributed by atoms with Crippen LogP contribution in [0.3, 0.4) is 0 Å². The molecule has 0 saturated heterocycles. The minimum atomic E-state index is -3.89. The average molecular weight is 376 g/mol. The van der Waals surface area contributed by atoms with Gasteiger partial charge < -0.3 is 4.74 Å². The number of ether oxygens (including phenoxy) is 1. The Bertz CT molecular complexity index is 921. The van der Waals surface area contributed by atoms with E-state index in [9.17, 15) is 18.5 Å². The van der Waals surface area contributed by atoms with Gasteiger partial charge in [0, 0.05) is 17.7 Å². The molecular weight excluding hydrogens is 356 g/mol. The Morgan fingerprint density at radius 3 is 2.38 bits per heavy atom. The van der Waals surface area contributed by atoms with Crippen molar-refractivity contribution in [2.45, 2.75) is 30.7 Å². The van der Waals surface area contributed by atoms with E-state index >= 15 is 0 Å².